The highest BCUT2D eigenvalue weighted by molar-refractivity contribution is 7.86. The topological polar surface area (TPSA) is 204 Å². The van der Waals surface area contributed by atoms with E-state index in [1.165, 1.54) is 6.92 Å². The third-order valence-electron chi connectivity index (χ3n) is 7.48. The first kappa shape index (κ1) is 33.7. The Kier molecular flexibility index (Phi) is 10.9. The van der Waals surface area contributed by atoms with Gasteiger partial charge in [0.2, 0.25) is 5.44 Å². The van der Waals surface area contributed by atoms with Crippen molar-refractivity contribution in [1.82, 2.24) is 0 Å². The minimum absolute atomic E-state index is 0.00679. The van der Waals surface area contributed by atoms with Crippen LogP contribution < -0.4 is 17.2 Å². The van der Waals surface area contributed by atoms with Gasteiger partial charge in [-0.2, -0.15) is 8.42 Å². The van der Waals surface area contributed by atoms with Crippen LogP contribution in [0.15, 0.2) is 42.5 Å². The van der Waals surface area contributed by atoms with Crippen molar-refractivity contribution in [2.75, 3.05) is 0 Å². The predicted molar refractivity (Wildman–Crippen MR) is 155 cm³/mol. The van der Waals surface area contributed by atoms with Crippen molar-refractivity contribution in [1.29, 1.82) is 0 Å². The molecular weight excluding hydrogens is 534 g/mol. The maximum absolute atomic E-state index is 14.6. The average Bonchev–Trinajstić information content (AvgIpc) is 2.87. The minimum Gasteiger partial charge on any atom is -0.373 e. The first-order chi connectivity index (χ1) is 18.4. The van der Waals surface area contributed by atoms with Crippen LogP contribution in [-0.4, -0.2) is 59.0 Å². The number of hydrogen-bond acceptors (Lipinski definition) is 9. The number of aldehydes is 1. The number of benzene rings is 2. The van der Waals surface area contributed by atoms with Crippen LogP contribution in [0.4, 0.5) is 0 Å². The Morgan fingerprint density at radius 3 is 1.82 bits per heavy atom. The minimum atomic E-state index is -5.19. The molecule has 2 rings (SSSR count). The molecule has 0 heterocycles. The van der Waals surface area contributed by atoms with Gasteiger partial charge in [0.05, 0.1) is 12.1 Å². The largest absolute Gasteiger partial charge is 0.373 e. The zero-order chi connectivity index (χ0) is 30.6. The standard InChI is InChI=1S/C29H43N3O7S/c1-17(2)13-23(30)25(34)29(26(35)24(31)14-18(3)4,22-12-8-10-20-9-6-7-11-21(20)22)19(5)15-28(32,16-33)27(36)40(37,38)39/h6-12,16-19,23-24,27,36H,13-15,30-32H2,1-5H3,(H,37,38,39)/t19?,23-,24-,27?,28?/m0/s1. The van der Waals surface area contributed by atoms with E-state index in [1.54, 1.807) is 30.3 Å². The molecule has 0 radical (unpaired) electrons. The summed E-state index contributed by atoms with van der Waals surface area (Å²) in [6, 6.07) is 9.99. The molecule has 0 saturated heterocycles. The summed E-state index contributed by atoms with van der Waals surface area (Å²) in [5, 5.41) is 11.7. The SMILES string of the molecule is CC(C)C[C@H](N)C(=O)C(C(=O)[C@@H](N)CC(C)C)(c1cccc2ccccc12)C(C)CC(N)(C=O)C(O)S(=O)(=O)O. The van der Waals surface area contributed by atoms with Crippen molar-refractivity contribution in [3.8, 4) is 0 Å². The quantitative estimate of drug-likeness (QED) is 0.118. The van der Waals surface area contributed by atoms with Crippen LogP contribution in [0, 0.1) is 17.8 Å². The number of ketones is 2. The molecule has 3 unspecified atom stereocenters. The summed E-state index contributed by atoms with van der Waals surface area (Å²) in [6.45, 7) is 8.98. The van der Waals surface area contributed by atoms with Gasteiger partial charge in [0.25, 0.3) is 10.1 Å². The van der Waals surface area contributed by atoms with Gasteiger partial charge in [-0.15, -0.1) is 0 Å². The first-order valence-electron chi connectivity index (χ1n) is 13.4. The summed E-state index contributed by atoms with van der Waals surface area (Å²) < 4.78 is 33.2. The zero-order valence-electron chi connectivity index (χ0n) is 23.8. The second-order valence-corrected chi connectivity index (χ2v) is 13.2. The molecule has 0 saturated carbocycles. The van der Waals surface area contributed by atoms with Gasteiger partial charge in [0.1, 0.15) is 17.2 Å². The van der Waals surface area contributed by atoms with E-state index in [2.05, 4.69) is 0 Å². The average molecular weight is 578 g/mol. The molecule has 222 valence electrons. The number of rotatable bonds is 15. The van der Waals surface area contributed by atoms with Crippen LogP contribution in [0.25, 0.3) is 10.8 Å². The lowest BCUT2D eigenvalue weighted by Crippen LogP contribution is -2.63. The van der Waals surface area contributed by atoms with Crippen molar-refractivity contribution >= 4 is 38.7 Å². The van der Waals surface area contributed by atoms with Crippen molar-refractivity contribution in [2.45, 2.75) is 82.4 Å². The lowest BCUT2D eigenvalue weighted by Gasteiger charge is -2.43. The molecule has 0 bridgehead atoms. The highest BCUT2D eigenvalue weighted by atomic mass is 32.2. The molecule has 5 atom stereocenters. The highest BCUT2D eigenvalue weighted by Crippen LogP contribution is 2.44. The summed E-state index contributed by atoms with van der Waals surface area (Å²) in [4.78, 5) is 41.3. The van der Waals surface area contributed by atoms with Gasteiger partial charge in [-0.3, -0.25) is 14.1 Å². The van der Waals surface area contributed by atoms with Crippen molar-refractivity contribution < 1.29 is 32.5 Å². The number of nitrogens with two attached hydrogens (primary N) is 3. The van der Waals surface area contributed by atoms with Gasteiger partial charge in [-0.05, 0) is 53.4 Å². The molecule has 2 aromatic carbocycles. The molecule has 0 aromatic heterocycles. The van der Waals surface area contributed by atoms with Crippen molar-refractivity contribution in [2.24, 2.45) is 35.0 Å². The molecule has 40 heavy (non-hydrogen) atoms. The van der Waals surface area contributed by atoms with Crippen LogP contribution >= 0.6 is 0 Å². The number of carbonyl (C=O) groups is 3. The number of aliphatic hydroxyl groups is 1. The number of Topliss-reactive ketones (excluding diaryl/α,β-unsaturated/α-hetero) is 2. The Morgan fingerprint density at radius 1 is 0.900 bits per heavy atom. The summed E-state index contributed by atoms with van der Waals surface area (Å²) >= 11 is 0. The van der Waals surface area contributed by atoms with E-state index in [0.29, 0.717) is 10.9 Å². The van der Waals surface area contributed by atoms with Gasteiger partial charge < -0.3 is 27.1 Å². The number of carbonyl (C=O) groups excluding carboxylic acids is 3. The fourth-order valence-corrected chi connectivity index (χ4v) is 6.40. The fraction of sp³-hybridized carbons (Fsp3) is 0.552. The van der Waals surface area contributed by atoms with E-state index in [9.17, 15) is 32.5 Å². The van der Waals surface area contributed by atoms with Gasteiger partial charge in [-0.1, -0.05) is 77.1 Å². The maximum atomic E-state index is 14.6. The van der Waals surface area contributed by atoms with Gasteiger partial charge in [0.15, 0.2) is 11.6 Å². The monoisotopic (exact) mass is 577 g/mol. The van der Waals surface area contributed by atoms with Gasteiger partial charge in [0, 0.05) is 0 Å². The van der Waals surface area contributed by atoms with E-state index in [1.807, 2.05) is 39.8 Å². The second kappa shape index (κ2) is 13.0. The summed E-state index contributed by atoms with van der Waals surface area (Å²) in [6.07, 6.45) is -0.187. The molecule has 2 aromatic rings. The zero-order valence-corrected chi connectivity index (χ0v) is 24.6. The Morgan fingerprint density at radius 2 is 1.38 bits per heavy atom. The molecule has 0 aliphatic heterocycles. The van der Waals surface area contributed by atoms with Crippen LogP contribution in [0.2, 0.25) is 0 Å². The maximum Gasteiger partial charge on any atom is 0.294 e. The third-order valence-corrected chi connectivity index (χ3v) is 8.48. The van der Waals surface area contributed by atoms with E-state index >= 15 is 0 Å². The number of fused-ring (bicyclic) bond motifs is 1. The van der Waals surface area contributed by atoms with Crippen LogP contribution in [0.3, 0.4) is 0 Å². The Hall–Kier alpha value is -2.54. The summed E-state index contributed by atoms with van der Waals surface area (Å²) in [5.41, 5.74) is 12.0. The number of aliphatic hydroxyl groups excluding tert-OH is 1. The van der Waals surface area contributed by atoms with E-state index in [-0.39, 0.29) is 31.0 Å². The highest BCUT2D eigenvalue weighted by Gasteiger charge is 2.57. The molecule has 0 fully saturated rings. The van der Waals surface area contributed by atoms with E-state index < -0.39 is 62.5 Å². The number of hydrogen-bond donors (Lipinski definition) is 5. The third kappa shape index (κ3) is 6.84. The van der Waals surface area contributed by atoms with Crippen molar-refractivity contribution in [3.63, 3.8) is 0 Å². The van der Waals surface area contributed by atoms with Gasteiger partial charge >= 0.3 is 0 Å². The Labute approximate surface area is 236 Å². The first-order valence-corrected chi connectivity index (χ1v) is 14.9. The molecule has 0 aliphatic carbocycles. The normalized spacial score (nSPS) is 17.3. The molecule has 0 amide bonds. The lowest BCUT2D eigenvalue weighted by molar-refractivity contribution is -0.141. The molecule has 11 heteroatoms. The predicted octanol–water partition coefficient (Wildman–Crippen LogP) is 2.09. The van der Waals surface area contributed by atoms with Gasteiger partial charge in [-0.25, -0.2) is 0 Å². The van der Waals surface area contributed by atoms with Crippen LogP contribution in [-0.2, 0) is 29.9 Å². The van der Waals surface area contributed by atoms with Crippen molar-refractivity contribution in [3.05, 3.63) is 48.0 Å². The van der Waals surface area contributed by atoms with Crippen LogP contribution in [0.1, 0.15) is 59.4 Å². The fourth-order valence-electron chi connectivity index (χ4n) is 5.69. The van der Waals surface area contributed by atoms with Crippen LogP contribution in [0.5, 0.6) is 0 Å². The smallest absolute Gasteiger partial charge is 0.294 e. The Balaban J connectivity index is 3.01. The van der Waals surface area contributed by atoms with E-state index in [4.69, 9.17) is 17.2 Å². The molecule has 10 nitrogen and oxygen atoms in total. The Bertz CT molecular complexity index is 1290. The second-order valence-electron chi connectivity index (χ2n) is 11.7. The molecule has 8 N–H and O–H groups in total. The molecule has 0 spiro atoms. The summed E-state index contributed by atoms with van der Waals surface area (Å²) in [5.74, 6) is -2.51. The lowest BCUT2D eigenvalue weighted by atomic mass is 9.58. The molecule has 0 aliphatic rings. The van der Waals surface area contributed by atoms with E-state index in [0.717, 1.165) is 5.39 Å². The molecular formula is C29H43N3O7S. The summed E-state index contributed by atoms with van der Waals surface area (Å²) in [7, 11) is -5.19.